The van der Waals surface area contributed by atoms with Crippen LogP contribution in [-0.2, 0) is 18.6 Å². The third kappa shape index (κ3) is 6.01. The predicted octanol–water partition coefficient (Wildman–Crippen LogP) is 1.49. The molecule has 0 aromatic carbocycles. The highest BCUT2D eigenvalue weighted by molar-refractivity contribution is 7.39. The first kappa shape index (κ1) is 11.3. The average Bonchev–Trinajstić information content (AvgIpc) is 2.04. The van der Waals surface area contributed by atoms with Gasteiger partial charge in [-0.2, -0.15) is 0 Å². The molecule has 0 fully saturated rings. The zero-order valence-electron chi connectivity index (χ0n) is 7.15. The molecule has 12 heavy (non-hydrogen) atoms. The van der Waals surface area contributed by atoms with Gasteiger partial charge >= 0.3 is 14.0 Å². The molecule has 5 heteroatoms. The smallest absolute Gasteiger partial charge is 0.463 e. The third-order valence-electron chi connectivity index (χ3n) is 0.999. The number of rotatable bonds is 5. The minimum atomic E-state index is -1.66. The fourth-order valence-electron chi connectivity index (χ4n) is 0.500. The Morgan fingerprint density at radius 3 is 2.75 bits per heavy atom. The molecule has 4 nitrogen and oxygen atoms in total. The summed E-state index contributed by atoms with van der Waals surface area (Å²) < 4.78 is 19.8. The van der Waals surface area contributed by atoms with E-state index in [9.17, 15) is 9.36 Å². The number of carbonyl (C=O) groups excluding carboxylic acids is 1. The molecule has 0 radical (unpaired) electrons. The Labute approximate surface area is 72.4 Å². The van der Waals surface area contributed by atoms with E-state index in [4.69, 9.17) is 0 Å². The van der Waals surface area contributed by atoms with Gasteiger partial charge in [0.25, 0.3) is 0 Å². The monoisotopic (exact) mass is 191 g/mol. The van der Waals surface area contributed by atoms with Crippen LogP contribution < -0.4 is 0 Å². The summed E-state index contributed by atoms with van der Waals surface area (Å²) in [6.45, 7) is 2.07. The van der Waals surface area contributed by atoms with Crippen molar-refractivity contribution in [3.63, 3.8) is 0 Å². The molecular formula is C7H12O4P+. The van der Waals surface area contributed by atoms with E-state index in [2.05, 4.69) is 9.26 Å². The maximum absolute atomic E-state index is 10.7. The highest BCUT2D eigenvalue weighted by Gasteiger charge is 2.10. The quantitative estimate of drug-likeness (QED) is 0.375. The molecule has 68 valence electrons. The van der Waals surface area contributed by atoms with E-state index in [-0.39, 0.29) is 6.16 Å². The molecule has 0 bridgehead atoms. The number of esters is 1. The van der Waals surface area contributed by atoms with Crippen molar-refractivity contribution >= 4 is 14.0 Å². The zero-order chi connectivity index (χ0) is 9.40. The third-order valence-corrected chi connectivity index (χ3v) is 1.91. The summed E-state index contributed by atoms with van der Waals surface area (Å²) in [7, 11) is -0.305. The molecule has 0 amide bonds. The topological polar surface area (TPSA) is 52.6 Å². The molecular weight excluding hydrogens is 179 g/mol. The van der Waals surface area contributed by atoms with Crippen molar-refractivity contribution in [1.29, 1.82) is 0 Å². The Morgan fingerprint density at radius 2 is 2.25 bits per heavy atom. The zero-order valence-corrected chi connectivity index (χ0v) is 8.04. The molecule has 0 saturated carbocycles. The van der Waals surface area contributed by atoms with Crippen LogP contribution in [0.4, 0.5) is 0 Å². The van der Waals surface area contributed by atoms with E-state index in [0.717, 1.165) is 0 Å². The lowest BCUT2D eigenvalue weighted by atomic mass is 10.5. The van der Waals surface area contributed by atoms with E-state index in [1.54, 1.807) is 6.92 Å². The van der Waals surface area contributed by atoms with Crippen LogP contribution in [0.25, 0.3) is 0 Å². The van der Waals surface area contributed by atoms with Crippen LogP contribution in [0.3, 0.4) is 0 Å². The lowest BCUT2D eigenvalue weighted by molar-refractivity contribution is -0.137. The summed E-state index contributed by atoms with van der Waals surface area (Å²) in [5.74, 6) is -0.419. The molecule has 1 atom stereocenters. The average molecular weight is 191 g/mol. The van der Waals surface area contributed by atoms with Crippen LogP contribution in [0, 0.1) is 0 Å². The SMILES string of the molecule is CCOC(=O)/C=C/C[P+](=O)OC. The van der Waals surface area contributed by atoms with Gasteiger partial charge in [0.05, 0.1) is 13.7 Å². The van der Waals surface area contributed by atoms with Crippen molar-refractivity contribution in [2.75, 3.05) is 19.9 Å². The number of hydrogen-bond donors (Lipinski definition) is 0. The van der Waals surface area contributed by atoms with Gasteiger partial charge in [0.2, 0.25) is 0 Å². The first-order valence-electron chi connectivity index (χ1n) is 3.52. The van der Waals surface area contributed by atoms with E-state index >= 15 is 0 Å². The molecule has 1 unspecified atom stereocenters. The minimum absolute atomic E-state index is 0.241. The van der Waals surface area contributed by atoms with Crippen LogP contribution in [0.2, 0.25) is 0 Å². The van der Waals surface area contributed by atoms with E-state index in [1.165, 1.54) is 19.3 Å². The summed E-state index contributed by atoms with van der Waals surface area (Å²) in [4.78, 5) is 10.7. The molecule has 0 spiro atoms. The minimum Gasteiger partial charge on any atom is -0.463 e. The van der Waals surface area contributed by atoms with Gasteiger partial charge < -0.3 is 4.74 Å². The van der Waals surface area contributed by atoms with Crippen molar-refractivity contribution in [1.82, 2.24) is 0 Å². The highest BCUT2D eigenvalue weighted by Crippen LogP contribution is 2.19. The Hall–Kier alpha value is -0.730. The maximum atomic E-state index is 10.7. The maximum Gasteiger partial charge on any atom is 0.511 e. The molecule has 0 saturated heterocycles. The van der Waals surface area contributed by atoms with Crippen molar-refractivity contribution in [3.05, 3.63) is 12.2 Å². The Bertz CT molecular complexity index is 188. The van der Waals surface area contributed by atoms with E-state index < -0.39 is 14.0 Å². The van der Waals surface area contributed by atoms with Gasteiger partial charge in [-0.3, -0.25) is 0 Å². The summed E-state index contributed by atoms with van der Waals surface area (Å²) in [6.07, 6.45) is 2.96. The summed E-state index contributed by atoms with van der Waals surface area (Å²) in [5.41, 5.74) is 0. The van der Waals surface area contributed by atoms with Crippen molar-refractivity contribution in [2.45, 2.75) is 6.92 Å². The largest absolute Gasteiger partial charge is 0.511 e. The van der Waals surface area contributed by atoms with Crippen LogP contribution in [0.5, 0.6) is 0 Å². The van der Waals surface area contributed by atoms with Crippen LogP contribution in [-0.4, -0.2) is 25.8 Å². The van der Waals surface area contributed by atoms with Crippen LogP contribution in [0.1, 0.15) is 6.92 Å². The van der Waals surface area contributed by atoms with Gasteiger partial charge in [0.1, 0.15) is 0 Å². The number of carbonyl (C=O) groups is 1. The molecule has 0 rings (SSSR count). The van der Waals surface area contributed by atoms with Gasteiger partial charge in [0.15, 0.2) is 6.16 Å². The molecule has 0 aliphatic heterocycles. The van der Waals surface area contributed by atoms with Gasteiger partial charge in [-0.25, -0.2) is 4.79 Å². The standard InChI is InChI=1S/C7H12O4P/c1-3-11-7(8)5-4-6-12(9)10-2/h4-5H,3,6H2,1-2H3/q+1/b5-4+. The molecule has 0 aromatic heterocycles. The lowest BCUT2D eigenvalue weighted by Crippen LogP contribution is -1.98. The molecule has 0 heterocycles. The molecule has 0 aromatic rings. The van der Waals surface area contributed by atoms with E-state index in [1.807, 2.05) is 0 Å². The summed E-state index contributed by atoms with van der Waals surface area (Å²) >= 11 is 0. The Kier molecular flexibility index (Phi) is 6.53. The second-order valence-corrected chi connectivity index (χ2v) is 3.25. The van der Waals surface area contributed by atoms with Crippen LogP contribution in [0.15, 0.2) is 12.2 Å². The van der Waals surface area contributed by atoms with E-state index in [0.29, 0.717) is 6.61 Å². The lowest BCUT2D eigenvalue weighted by Gasteiger charge is -1.92. The molecule has 0 N–H and O–H groups in total. The van der Waals surface area contributed by atoms with Crippen LogP contribution >= 0.6 is 8.03 Å². The first-order chi connectivity index (χ1) is 5.70. The van der Waals surface area contributed by atoms with Crippen molar-refractivity contribution < 1.29 is 18.6 Å². The fraction of sp³-hybridized carbons (Fsp3) is 0.571. The normalized spacial score (nSPS) is 11.7. The fourth-order valence-corrected chi connectivity index (χ4v) is 0.927. The Morgan fingerprint density at radius 1 is 1.58 bits per heavy atom. The second kappa shape index (κ2) is 6.95. The van der Waals surface area contributed by atoms with Gasteiger partial charge in [0, 0.05) is 6.08 Å². The van der Waals surface area contributed by atoms with Gasteiger partial charge in [-0.05, 0) is 17.6 Å². The summed E-state index contributed by atoms with van der Waals surface area (Å²) in [6, 6.07) is 0. The molecule has 0 aliphatic rings. The summed E-state index contributed by atoms with van der Waals surface area (Å²) in [5, 5.41) is 0. The predicted molar refractivity (Wildman–Crippen MR) is 45.3 cm³/mol. The second-order valence-electron chi connectivity index (χ2n) is 1.85. The Balaban J connectivity index is 3.61. The van der Waals surface area contributed by atoms with Crippen molar-refractivity contribution in [2.24, 2.45) is 0 Å². The van der Waals surface area contributed by atoms with Gasteiger partial charge in [-0.1, -0.05) is 0 Å². The van der Waals surface area contributed by atoms with Crippen molar-refractivity contribution in [3.8, 4) is 0 Å². The highest BCUT2D eigenvalue weighted by atomic mass is 31.1. The first-order valence-corrected chi connectivity index (χ1v) is 4.89. The number of hydrogen-bond acceptors (Lipinski definition) is 4. The number of ether oxygens (including phenoxy) is 1. The van der Waals surface area contributed by atoms with Gasteiger partial charge in [-0.15, -0.1) is 4.52 Å². The number of allylic oxidation sites excluding steroid dienone is 1. The molecule has 0 aliphatic carbocycles.